The normalized spacial score (nSPS) is 36.9. The molecule has 2 fully saturated rings. The fourth-order valence-corrected chi connectivity index (χ4v) is 2.49. The van der Waals surface area contributed by atoms with E-state index in [2.05, 4.69) is 19.2 Å². The molecule has 3 unspecified atom stereocenters. The monoisotopic (exact) mass is 212 g/mol. The summed E-state index contributed by atoms with van der Waals surface area (Å²) in [5.41, 5.74) is 0. The van der Waals surface area contributed by atoms with E-state index in [0.717, 1.165) is 26.1 Å². The van der Waals surface area contributed by atoms with Gasteiger partial charge in [-0.2, -0.15) is 0 Å². The fraction of sp³-hybridized carbons (Fsp3) is 0.909. The van der Waals surface area contributed by atoms with Gasteiger partial charge in [-0.25, -0.2) is 0 Å². The van der Waals surface area contributed by atoms with E-state index in [4.69, 9.17) is 4.74 Å². The number of hydrogen-bond acceptors (Lipinski definition) is 3. The number of carbonyl (C=O) groups is 1. The molecular formula is C11H20N2O2. The highest BCUT2D eigenvalue weighted by Gasteiger charge is 2.31. The first kappa shape index (κ1) is 10.9. The zero-order chi connectivity index (χ0) is 10.8. The van der Waals surface area contributed by atoms with E-state index in [1.54, 1.807) is 0 Å². The van der Waals surface area contributed by atoms with Crippen LogP contribution in [0.4, 0.5) is 0 Å². The van der Waals surface area contributed by atoms with Crippen molar-refractivity contribution in [3.8, 4) is 0 Å². The summed E-state index contributed by atoms with van der Waals surface area (Å²) in [5.74, 6) is 0.398. The molecule has 1 amide bonds. The average molecular weight is 212 g/mol. The molecule has 0 spiro atoms. The topological polar surface area (TPSA) is 41.6 Å². The van der Waals surface area contributed by atoms with Crippen LogP contribution < -0.4 is 5.32 Å². The van der Waals surface area contributed by atoms with Crippen molar-refractivity contribution < 1.29 is 9.53 Å². The van der Waals surface area contributed by atoms with Crippen LogP contribution in [-0.2, 0) is 9.53 Å². The molecule has 1 N–H and O–H groups in total. The Morgan fingerprint density at radius 1 is 1.33 bits per heavy atom. The van der Waals surface area contributed by atoms with Crippen molar-refractivity contribution in [2.24, 2.45) is 5.92 Å². The second-order valence-electron chi connectivity index (χ2n) is 4.77. The van der Waals surface area contributed by atoms with Crippen LogP contribution in [0.5, 0.6) is 0 Å². The first-order valence-corrected chi connectivity index (χ1v) is 5.79. The van der Waals surface area contributed by atoms with Crippen LogP contribution in [0.15, 0.2) is 0 Å². The summed E-state index contributed by atoms with van der Waals surface area (Å²) < 4.78 is 5.26. The van der Waals surface area contributed by atoms with Gasteiger partial charge in [0.1, 0.15) is 0 Å². The Morgan fingerprint density at radius 2 is 2.00 bits per heavy atom. The molecule has 4 nitrogen and oxygen atoms in total. The lowest BCUT2D eigenvalue weighted by molar-refractivity contribution is -0.137. The summed E-state index contributed by atoms with van der Waals surface area (Å²) >= 11 is 0. The molecule has 15 heavy (non-hydrogen) atoms. The zero-order valence-corrected chi connectivity index (χ0v) is 9.53. The molecule has 3 atom stereocenters. The Morgan fingerprint density at radius 3 is 2.53 bits per heavy atom. The van der Waals surface area contributed by atoms with Crippen LogP contribution in [0, 0.1) is 5.92 Å². The van der Waals surface area contributed by atoms with Crippen molar-refractivity contribution in [3.63, 3.8) is 0 Å². The van der Waals surface area contributed by atoms with Gasteiger partial charge in [0.25, 0.3) is 0 Å². The number of carbonyl (C=O) groups excluding carboxylic acids is 1. The van der Waals surface area contributed by atoms with Crippen LogP contribution >= 0.6 is 0 Å². The molecule has 0 aliphatic carbocycles. The van der Waals surface area contributed by atoms with Gasteiger partial charge in [0.05, 0.1) is 12.5 Å². The van der Waals surface area contributed by atoms with Gasteiger partial charge in [0.15, 0.2) is 0 Å². The molecule has 2 rings (SSSR count). The zero-order valence-electron chi connectivity index (χ0n) is 9.53. The van der Waals surface area contributed by atoms with Gasteiger partial charge in [0.2, 0.25) is 5.91 Å². The van der Waals surface area contributed by atoms with Gasteiger partial charge in [-0.15, -0.1) is 0 Å². The maximum Gasteiger partial charge on any atom is 0.228 e. The Labute approximate surface area is 91.0 Å². The number of piperazine rings is 1. The summed E-state index contributed by atoms with van der Waals surface area (Å²) in [6.45, 7) is 7.28. The van der Waals surface area contributed by atoms with Gasteiger partial charge in [-0.05, 0) is 20.3 Å². The molecule has 0 bridgehead atoms. The first-order valence-electron chi connectivity index (χ1n) is 5.79. The molecule has 0 radical (unpaired) electrons. The number of rotatable bonds is 1. The van der Waals surface area contributed by atoms with E-state index in [-0.39, 0.29) is 11.8 Å². The van der Waals surface area contributed by atoms with Crippen molar-refractivity contribution in [3.05, 3.63) is 0 Å². The minimum absolute atomic E-state index is 0.113. The molecule has 2 aliphatic rings. The average Bonchev–Trinajstić information content (AvgIpc) is 2.67. The Kier molecular flexibility index (Phi) is 3.26. The second-order valence-corrected chi connectivity index (χ2v) is 4.77. The molecule has 0 aromatic rings. The Balaban J connectivity index is 1.93. The molecule has 2 heterocycles. The SMILES string of the molecule is CC1CN(C(=O)C2CCOC2)CC(C)N1. The third-order valence-electron chi connectivity index (χ3n) is 3.15. The summed E-state index contributed by atoms with van der Waals surface area (Å²) in [4.78, 5) is 14.1. The molecule has 4 heteroatoms. The van der Waals surface area contributed by atoms with Crippen molar-refractivity contribution >= 4 is 5.91 Å². The first-order chi connectivity index (χ1) is 7.16. The number of amides is 1. The predicted molar refractivity (Wildman–Crippen MR) is 57.6 cm³/mol. The number of nitrogens with zero attached hydrogens (tertiary/aromatic N) is 1. The maximum absolute atomic E-state index is 12.1. The smallest absolute Gasteiger partial charge is 0.228 e. The molecule has 2 aliphatic heterocycles. The highest BCUT2D eigenvalue weighted by atomic mass is 16.5. The third-order valence-corrected chi connectivity index (χ3v) is 3.15. The standard InChI is InChI=1S/C11H20N2O2/c1-8-5-13(6-9(2)12-8)11(14)10-3-4-15-7-10/h8-10,12H,3-7H2,1-2H3. The summed E-state index contributed by atoms with van der Waals surface area (Å²) in [5, 5.41) is 3.43. The van der Waals surface area contributed by atoms with Crippen molar-refractivity contribution in [2.45, 2.75) is 32.4 Å². The van der Waals surface area contributed by atoms with Gasteiger partial charge in [-0.1, -0.05) is 0 Å². The molecule has 0 aromatic heterocycles. The molecule has 2 saturated heterocycles. The minimum atomic E-state index is 0.113. The Bertz CT molecular complexity index is 229. The van der Waals surface area contributed by atoms with Gasteiger partial charge in [-0.3, -0.25) is 4.79 Å². The maximum atomic E-state index is 12.1. The van der Waals surface area contributed by atoms with Crippen LogP contribution in [-0.4, -0.2) is 49.2 Å². The van der Waals surface area contributed by atoms with Crippen LogP contribution in [0.1, 0.15) is 20.3 Å². The second kappa shape index (κ2) is 4.49. The number of nitrogens with one attached hydrogen (secondary N) is 1. The van der Waals surface area contributed by atoms with Gasteiger partial charge < -0.3 is 15.0 Å². The largest absolute Gasteiger partial charge is 0.381 e. The van der Waals surface area contributed by atoms with Crippen molar-refractivity contribution in [1.29, 1.82) is 0 Å². The van der Waals surface area contributed by atoms with Crippen molar-refractivity contribution in [1.82, 2.24) is 10.2 Å². The van der Waals surface area contributed by atoms with Crippen LogP contribution in [0.3, 0.4) is 0 Å². The molecule has 86 valence electrons. The minimum Gasteiger partial charge on any atom is -0.381 e. The fourth-order valence-electron chi connectivity index (χ4n) is 2.49. The van der Waals surface area contributed by atoms with Crippen LogP contribution in [0.2, 0.25) is 0 Å². The van der Waals surface area contributed by atoms with E-state index in [9.17, 15) is 4.79 Å². The Hall–Kier alpha value is -0.610. The quantitative estimate of drug-likeness (QED) is 0.676. The summed E-state index contributed by atoms with van der Waals surface area (Å²) in [6, 6.07) is 0.806. The van der Waals surface area contributed by atoms with Crippen molar-refractivity contribution in [2.75, 3.05) is 26.3 Å². The number of hydrogen-bond donors (Lipinski definition) is 1. The van der Waals surface area contributed by atoms with E-state index >= 15 is 0 Å². The molecular weight excluding hydrogens is 192 g/mol. The highest BCUT2D eigenvalue weighted by Crippen LogP contribution is 2.17. The third kappa shape index (κ3) is 2.49. The van der Waals surface area contributed by atoms with Gasteiger partial charge in [0, 0.05) is 31.8 Å². The summed E-state index contributed by atoms with van der Waals surface area (Å²) in [7, 11) is 0. The lowest BCUT2D eigenvalue weighted by atomic mass is 10.0. The van der Waals surface area contributed by atoms with Gasteiger partial charge >= 0.3 is 0 Å². The van der Waals surface area contributed by atoms with E-state index in [1.807, 2.05) is 4.90 Å². The van der Waals surface area contributed by atoms with E-state index in [0.29, 0.717) is 18.7 Å². The molecule has 0 saturated carbocycles. The summed E-state index contributed by atoms with van der Waals surface area (Å²) in [6.07, 6.45) is 0.894. The highest BCUT2D eigenvalue weighted by molar-refractivity contribution is 5.79. The van der Waals surface area contributed by atoms with Crippen LogP contribution in [0.25, 0.3) is 0 Å². The lowest BCUT2D eigenvalue weighted by Crippen LogP contribution is -2.57. The van der Waals surface area contributed by atoms with E-state index < -0.39 is 0 Å². The van der Waals surface area contributed by atoms with E-state index in [1.165, 1.54) is 0 Å². The lowest BCUT2D eigenvalue weighted by Gasteiger charge is -2.37. The number of ether oxygens (including phenoxy) is 1. The molecule has 0 aromatic carbocycles. The predicted octanol–water partition coefficient (Wildman–Crippen LogP) is 0.232.